The van der Waals surface area contributed by atoms with E-state index in [-0.39, 0.29) is 48.2 Å². The molecule has 5 rings (SSSR count). The minimum absolute atomic E-state index is 0.0313. The molecule has 0 aliphatic carbocycles. The minimum atomic E-state index is -4.75. The van der Waals surface area contributed by atoms with Gasteiger partial charge in [0.05, 0.1) is 41.4 Å². The van der Waals surface area contributed by atoms with Gasteiger partial charge < -0.3 is 9.47 Å². The zero-order valence-electron chi connectivity index (χ0n) is 22.4. The first-order chi connectivity index (χ1) is 19.7. The fourth-order valence-electron chi connectivity index (χ4n) is 5.18. The monoisotopic (exact) mass is 624 g/mol. The van der Waals surface area contributed by atoms with Crippen molar-refractivity contribution < 1.29 is 40.2 Å². The highest BCUT2D eigenvalue weighted by Crippen LogP contribution is 2.44. The van der Waals surface area contributed by atoms with Crippen molar-refractivity contribution in [2.45, 2.75) is 23.6 Å². The third-order valence-corrected chi connectivity index (χ3v) is 9.17. The number of allylic oxidation sites excluding steroid dienone is 1. The third-order valence-electron chi connectivity index (χ3n) is 7.10. The number of benzene rings is 3. The van der Waals surface area contributed by atoms with Crippen molar-refractivity contribution >= 4 is 44.9 Å². The summed E-state index contributed by atoms with van der Waals surface area (Å²) in [4.78, 5) is 12.9. The maximum atomic E-state index is 14.5. The predicted molar refractivity (Wildman–Crippen MR) is 149 cm³/mol. The van der Waals surface area contributed by atoms with Crippen molar-refractivity contribution in [3.05, 3.63) is 88.2 Å². The standard InChI is InChI=1S/C29H25ClF4N2O5S/c1-18(27-22(30)7-4-8-23(27)31)11-19-9-10-25-24(12-19)36(17-28(41-25)15-35(16-28)14-26(37)40-2)42(38,39)21-6-3-5-20(13-21)29(32,33)34/h3-13H,14-17H2,1-2H3/b18-11+. The molecule has 0 atom stereocenters. The summed E-state index contributed by atoms with van der Waals surface area (Å²) in [7, 11) is -3.27. The lowest BCUT2D eigenvalue weighted by atomic mass is 9.91. The largest absolute Gasteiger partial charge is 0.480 e. The quantitative estimate of drug-likeness (QED) is 0.194. The van der Waals surface area contributed by atoms with Crippen LogP contribution < -0.4 is 9.04 Å². The number of likely N-dealkylation sites (tertiary alicyclic amines) is 1. The second kappa shape index (κ2) is 10.9. The molecule has 0 aromatic heterocycles. The summed E-state index contributed by atoms with van der Waals surface area (Å²) >= 11 is 6.21. The smallest absolute Gasteiger partial charge is 0.416 e. The number of fused-ring (bicyclic) bond motifs is 1. The molecule has 7 nitrogen and oxygen atoms in total. The first kappa shape index (κ1) is 29.9. The highest BCUT2D eigenvalue weighted by Gasteiger charge is 2.52. The molecule has 2 aliphatic rings. The van der Waals surface area contributed by atoms with Gasteiger partial charge in [-0.3, -0.25) is 14.0 Å². The maximum absolute atomic E-state index is 14.5. The number of sulfonamides is 1. The first-order valence-corrected chi connectivity index (χ1v) is 14.5. The van der Waals surface area contributed by atoms with E-state index in [0.29, 0.717) is 17.2 Å². The fraction of sp³-hybridized carbons (Fsp3) is 0.276. The van der Waals surface area contributed by atoms with E-state index in [1.54, 1.807) is 36.1 Å². The zero-order valence-corrected chi connectivity index (χ0v) is 24.0. The van der Waals surface area contributed by atoms with Crippen LogP contribution in [0.1, 0.15) is 23.6 Å². The van der Waals surface area contributed by atoms with Gasteiger partial charge in [-0.05, 0) is 60.5 Å². The molecule has 1 fully saturated rings. The van der Waals surface area contributed by atoms with Crippen LogP contribution in [0.4, 0.5) is 23.2 Å². The van der Waals surface area contributed by atoms with E-state index in [9.17, 15) is 30.8 Å². The summed E-state index contributed by atoms with van der Waals surface area (Å²) in [5, 5.41) is 0.197. The summed E-state index contributed by atoms with van der Waals surface area (Å²) in [6.45, 7) is 1.76. The number of carbonyl (C=O) groups excluding carboxylic acids is 1. The molecule has 0 N–H and O–H groups in total. The Labute approximate surface area is 244 Å². The van der Waals surface area contributed by atoms with E-state index < -0.39 is 44.0 Å². The van der Waals surface area contributed by atoms with E-state index in [1.807, 2.05) is 0 Å². The topological polar surface area (TPSA) is 76.2 Å². The molecule has 222 valence electrons. The molecule has 0 amide bonds. The number of hydrogen-bond donors (Lipinski definition) is 0. The van der Waals surface area contributed by atoms with Crippen LogP contribution in [-0.2, 0) is 25.7 Å². The van der Waals surface area contributed by atoms with Gasteiger partial charge in [0, 0.05) is 18.7 Å². The van der Waals surface area contributed by atoms with Crippen molar-refractivity contribution in [3.63, 3.8) is 0 Å². The van der Waals surface area contributed by atoms with Gasteiger partial charge in [-0.1, -0.05) is 35.9 Å². The predicted octanol–water partition coefficient (Wildman–Crippen LogP) is 5.87. The van der Waals surface area contributed by atoms with E-state index in [0.717, 1.165) is 22.5 Å². The second-order valence-electron chi connectivity index (χ2n) is 10.2. The summed E-state index contributed by atoms with van der Waals surface area (Å²) in [6, 6.07) is 12.5. The number of anilines is 1. The average molecular weight is 625 g/mol. The fourth-order valence-corrected chi connectivity index (χ4v) is 7.08. The van der Waals surface area contributed by atoms with E-state index in [4.69, 9.17) is 21.1 Å². The van der Waals surface area contributed by atoms with Crippen LogP contribution in [0.3, 0.4) is 0 Å². The average Bonchev–Trinajstić information content (AvgIpc) is 2.91. The van der Waals surface area contributed by atoms with Gasteiger partial charge in [-0.15, -0.1) is 0 Å². The van der Waals surface area contributed by atoms with Crippen molar-refractivity contribution in [1.29, 1.82) is 0 Å². The Morgan fingerprint density at radius 3 is 2.48 bits per heavy atom. The molecule has 13 heteroatoms. The normalized spacial score (nSPS) is 16.9. The van der Waals surface area contributed by atoms with Crippen molar-refractivity contribution in [3.8, 4) is 5.75 Å². The van der Waals surface area contributed by atoms with E-state index >= 15 is 0 Å². The molecule has 2 aliphatic heterocycles. The molecule has 1 spiro atoms. The number of methoxy groups -OCH3 is 1. The maximum Gasteiger partial charge on any atom is 0.416 e. The lowest BCUT2D eigenvalue weighted by molar-refractivity contribution is -0.148. The summed E-state index contributed by atoms with van der Waals surface area (Å²) in [6.07, 6.45) is -3.13. The highest BCUT2D eigenvalue weighted by molar-refractivity contribution is 7.92. The highest BCUT2D eigenvalue weighted by atomic mass is 35.5. The molecule has 42 heavy (non-hydrogen) atoms. The van der Waals surface area contributed by atoms with E-state index in [2.05, 4.69) is 0 Å². The lowest BCUT2D eigenvalue weighted by Gasteiger charge is -2.53. The number of hydrogen-bond acceptors (Lipinski definition) is 6. The SMILES string of the molecule is COC(=O)CN1CC2(C1)CN(S(=O)(=O)c1cccc(C(F)(F)F)c1)c1cc(/C=C(\C)c3c(F)cccc3Cl)ccc1O2. The number of carbonyl (C=O) groups is 1. The number of halogens is 5. The van der Waals surface area contributed by atoms with Gasteiger partial charge in [0.15, 0.2) is 5.60 Å². The van der Waals surface area contributed by atoms with Crippen molar-refractivity contribution in [2.75, 3.05) is 37.6 Å². The van der Waals surface area contributed by atoms with Gasteiger partial charge in [0.2, 0.25) is 0 Å². The Kier molecular flexibility index (Phi) is 7.75. The molecule has 0 bridgehead atoms. The molecule has 0 saturated carbocycles. The Balaban J connectivity index is 1.57. The van der Waals surface area contributed by atoms with Crippen LogP contribution in [-0.4, -0.2) is 58.2 Å². The van der Waals surface area contributed by atoms with E-state index in [1.165, 1.54) is 25.3 Å². The van der Waals surface area contributed by atoms with Gasteiger partial charge in [-0.2, -0.15) is 13.2 Å². The molecular weight excluding hydrogens is 600 g/mol. The number of esters is 1. The zero-order chi connectivity index (χ0) is 30.4. The lowest BCUT2D eigenvalue weighted by Crippen LogP contribution is -2.71. The summed E-state index contributed by atoms with van der Waals surface area (Å²) in [5.41, 5.74) is -0.921. The number of rotatable bonds is 6. The first-order valence-electron chi connectivity index (χ1n) is 12.7. The number of ether oxygens (including phenoxy) is 2. The number of alkyl halides is 3. The van der Waals surface area contributed by atoms with Gasteiger partial charge in [-0.25, -0.2) is 12.8 Å². The van der Waals surface area contributed by atoms with Crippen LogP contribution in [0.2, 0.25) is 5.02 Å². The molecule has 1 saturated heterocycles. The Hall–Kier alpha value is -3.61. The van der Waals surface area contributed by atoms with Crippen molar-refractivity contribution in [1.82, 2.24) is 4.90 Å². The molecule has 2 heterocycles. The van der Waals surface area contributed by atoms with Crippen LogP contribution in [0, 0.1) is 5.82 Å². The summed E-state index contributed by atoms with van der Waals surface area (Å²) < 4.78 is 94.7. The number of nitrogens with zero attached hydrogens (tertiary/aromatic N) is 2. The van der Waals surface area contributed by atoms with Gasteiger partial charge in [0.25, 0.3) is 10.0 Å². The summed E-state index contributed by atoms with van der Waals surface area (Å²) in [5.74, 6) is -0.820. The van der Waals surface area contributed by atoms with Crippen LogP contribution in [0.15, 0.2) is 65.6 Å². The van der Waals surface area contributed by atoms with Crippen LogP contribution in [0.25, 0.3) is 11.6 Å². The molecule has 0 radical (unpaired) electrons. The third kappa shape index (κ3) is 5.70. The van der Waals surface area contributed by atoms with Crippen molar-refractivity contribution in [2.24, 2.45) is 0 Å². The van der Waals surface area contributed by atoms with Crippen LogP contribution in [0.5, 0.6) is 5.75 Å². The molecule has 3 aromatic rings. The van der Waals surface area contributed by atoms with Gasteiger partial charge in [0.1, 0.15) is 11.6 Å². The Morgan fingerprint density at radius 2 is 1.81 bits per heavy atom. The minimum Gasteiger partial charge on any atom is -0.480 e. The second-order valence-corrected chi connectivity index (χ2v) is 12.5. The Bertz CT molecular complexity index is 1670. The van der Waals surface area contributed by atoms with Gasteiger partial charge >= 0.3 is 12.1 Å². The van der Waals surface area contributed by atoms with Crippen LogP contribution >= 0.6 is 11.6 Å². The molecule has 0 unspecified atom stereocenters. The molecule has 3 aromatic carbocycles. The molecular formula is C29H25ClF4N2O5S. The Morgan fingerprint density at radius 1 is 1.10 bits per heavy atom.